The molecule has 0 unspecified atom stereocenters. The molecule has 11 heteroatoms. The van der Waals surface area contributed by atoms with Gasteiger partial charge in [-0.1, -0.05) is 23.2 Å². The fourth-order valence-corrected chi connectivity index (χ4v) is 2.04. The Morgan fingerprint density at radius 2 is 1.88 bits per heavy atom. The molecule has 2 amide bonds. The fraction of sp³-hybridized carbons (Fsp3) is 0.333. The number of halogens is 2. The summed E-state index contributed by atoms with van der Waals surface area (Å²) in [4.78, 5) is 25.7. The predicted molar refractivity (Wildman–Crippen MR) is 99.7 cm³/mol. The van der Waals surface area contributed by atoms with Crippen molar-refractivity contribution in [3.63, 3.8) is 0 Å². The number of hydrogen-bond acceptors (Lipinski definition) is 7. The van der Waals surface area contributed by atoms with Crippen molar-refractivity contribution in [1.29, 1.82) is 0 Å². The summed E-state index contributed by atoms with van der Waals surface area (Å²) in [5.41, 5.74) is 0.524. The molecule has 0 atom stereocenters. The molecule has 0 saturated heterocycles. The number of ether oxygens (including phenoxy) is 2. The highest BCUT2D eigenvalue weighted by Crippen LogP contribution is 2.24. The van der Waals surface area contributed by atoms with Crippen LogP contribution in [0.1, 0.15) is 0 Å². The minimum absolute atomic E-state index is 0.104. The zero-order chi connectivity index (χ0) is 19.1. The van der Waals surface area contributed by atoms with Crippen LogP contribution in [0.15, 0.2) is 18.2 Å². The van der Waals surface area contributed by atoms with E-state index in [-0.39, 0.29) is 25.2 Å². The second-order valence-corrected chi connectivity index (χ2v) is 5.97. The Bertz CT molecular complexity index is 775. The Kier molecular flexibility index (Phi) is 7.05. The van der Waals surface area contributed by atoms with Crippen LogP contribution < -0.4 is 25.0 Å². The SMILES string of the molecule is COc1nc(OCCNC(=O)Nc2ccc(Cl)c(Cl)c2)nc(N(C)C)n1. The highest BCUT2D eigenvalue weighted by Gasteiger charge is 2.10. The molecule has 1 heterocycles. The maximum atomic E-state index is 11.8. The Balaban J connectivity index is 1.81. The van der Waals surface area contributed by atoms with Crippen molar-refractivity contribution < 1.29 is 14.3 Å². The summed E-state index contributed by atoms with van der Waals surface area (Å²) in [6.07, 6.45) is 0. The summed E-state index contributed by atoms with van der Waals surface area (Å²) >= 11 is 11.7. The Hall–Kier alpha value is -2.52. The number of hydrogen-bond donors (Lipinski definition) is 2. The van der Waals surface area contributed by atoms with Crippen molar-refractivity contribution >= 4 is 40.9 Å². The van der Waals surface area contributed by atoms with Gasteiger partial charge in [0, 0.05) is 19.8 Å². The van der Waals surface area contributed by atoms with Crippen molar-refractivity contribution in [2.75, 3.05) is 44.6 Å². The van der Waals surface area contributed by atoms with E-state index in [4.69, 9.17) is 32.7 Å². The molecule has 0 aliphatic heterocycles. The maximum absolute atomic E-state index is 11.8. The molecular weight excluding hydrogens is 383 g/mol. The number of carbonyl (C=O) groups excluding carboxylic acids is 1. The van der Waals surface area contributed by atoms with Crippen LogP contribution in [0.3, 0.4) is 0 Å². The highest BCUT2D eigenvalue weighted by atomic mass is 35.5. The summed E-state index contributed by atoms with van der Waals surface area (Å²) in [6, 6.07) is 4.63. The van der Waals surface area contributed by atoms with Crippen LogP contribution in [-0.2, 0) is 0 Å². The van der Waals surface area contributed by atoms with Gasteiger partial charge >= 0.3 is 18.1 Å². The number of nitrogens with one attached hydrogen (secondary N) is 2. The van der Waals surface area contributed by atoms with Gasteiger partial charge in [-0.05, 0) is 18.2 Å². The molecule has 0 saturated carbocycles. The van der Waals surface area contributed by atoms with Gasteiger partial charge in [-0.15, -0.1) is 4.98 Å². The fourth-order valence-electron chi connectivity index (χ4n) is 1.74. The van der Waals surface area contributed by atoms with Gasteiger partial charge in [0.05, 0.1) is 23.7 Å². The van der Waals surface area contributed by atoms with Crippen molar-refractivity contribution in [3.8, 4) is 12.0 Å². The Morgan fingerprint density at radius 1 is 1.15 bits per heavy atom. The van der Waals surface area contributed by atoms with Crippen LogP contribution >= 0.6 is 23.2 Å². The molecule has 0 aliphatic rings. The number of anilines is 2. The van der Waals surface area contributed by atoms with Gasteiger partial charge in [-0.3, -0.25) is 0 Å². The van der Waals surface area contributed by atoms with Crippen molar-refractivity contribution in [1.82, 2.24) is 20.3 Å². The Labute approximate surface area is 160 Å². The first-order chi connectivity index (χ1) is 12.4. The van der Waals surface area contributed by atoms with Gasteiger partial charge in [0.2, 0.25) is 5.95 Å². The molecule has 140 valence electrons. The molecule has 9 nitrogen and oxygen atoms in total. The molecule has 0 aliphatic carbocycles. The third kappa shape index (κ3) is 5.78. The lowest BCUT2D eigenvalue weighted by Crippen LogP contribution is -2.32. The van der Waals surface area contributed by atoms with Gasteiger partial charge in [0.15, 0.2) is 0 Å². The number of methoxy groups -OCH3 is 1. The van der Waals surface area contributed by atoms with E-state index in [0.29, 0.717) is 21.7 Å². The van der Waals surface area contributed by atoms with E-state index in [1.807, 2.05) is 0 Å². The van der Waals surface area contributed by atoms with Gasteiger partial charge in [0.1, 0.15) is 6.61 Å². The minimum Gasteiger partial charge on any atom is -0.467 e. The van der Waals surface area contributed by atoms with E-state index >= 15 is 0 Å². The summed E-state index contributed by atoms with van der Waals surface area (Å²) < 4.78 is 10.4. The van der Waals surface area contributed by atoms with Gasteiger partial charge < -0.3 is 25.0 Å². The number of urea groups is 1. The number of amides is 2. The van der Waals surface area contributed by atoms with Gasteiger partial charge in [0.25, 0.3) is 0 Å². The lowest BCUT2D eigenvalue weighted by atomic mass is 10.3. The smallest absolute Gasteiger partial charge is 0.324 e. The second-order valence-electron chi connectivity index (χ2n) is 5.16. The monoisotopic (exact) mass is 400 g/mol. The highest BCUT2D eigenvalue weighted by molar-refractivity contribution is 6.42. The van der Waals surface area contributed by atoms with Crippen molar-refractivity contribution in [2.24, 2.45) is 0 Å². The van der Waals surface area contributed by atoms with Crippen molar-refractivity contribution in [2.45, 2.75) is 0 Å². The minimum atomic E-state index is -0.408. The van der Waals surface area contributed by atoms with E-state index < -0.39 is 6.03 Å². The summed E-state index contributed by atoms with van der Waals surface area (Å²) in [6.45, 7) is 0.396. The summed E-state index contributed by atoms with van der Waals surface area (Å²) in [7, 11) is 5.02. The van der Waals surface area contributed by atoms with Crippen LogP contribution in [0, 0.1) is 0 Å². The molecule has 2 rings (SSSR count). The normalized spacial score (nSPS) is 10.2. The molecule has 0 fully saturated rings. The van der Waals surface area contributed by atoms with Gasteiger partial charge in [-0.2, -0.15) is 9.97 Å². The number of nitrogens with zero attached hydrogens (tertiary/aromatic N) is 4. The molecule has 2 N–H and O–H groups in total. The zero-order valence-electron chi connectivity index (χ0n) is 14.4. The topological polar surface area (TPSA) is 102 Å². The van der Waals surface area contributed by atoms with E-state index in [2.05, 4.69) is 25.6 Å². The van der Waals surface area contributed by atoms with Crippen LogP contribution in [0.25, 0.3) is 0 Å². The lowest BCUT2D eigenvalue weighted by Gasteiger charge is -2.12. The first kappa shape index (κ1) is 19.8. The number of carbonyl (C=O) groups is 1. The molecular formula is C15H18Cl2N6O3. The molecule has 1 aromatic carbocycles. The van der Waals surface area contributed by atoms with Crippen LogP contribution in [0.2, 0.25) is 10.0 Å². The largest absolute Gasteiger partial charge is 0.467 e. The number of aromatic nitrogens is 3. The number of benzene rings is 1. The first-order valence-electron chi connectivity index (χ1n) is 7.49. The summed E-state index contributed by atoms with van der Waals surface area (Å²) in [5.74, 6) is 0.400. The van der Waals surface area contributed by atoms with E-state index in [1.54, 1.807) is 37.2 Å². The standard InChI is InChI=1S/C15H18Cl2N6O3/c1-23(2)12-20-14(25-3)22-15(21-12)26-7-6-18-13(24)19-9-4-5-10(16)11(17)8-9/h4-5,8H,6-7H2,1-3H3,(H2,18,19,24). The Morgan fingerprint density at radius 3 is 2.54 bits per heavy atom. The maximum Gasteiger partial charge on any atom is 0.324 e. The first-order valence-corrected chi connectivity index (χ1v) is 8.24. The third-order valence-electron chi connectivity index (χ3n) is 2.96. The molecule has 26 heavy (non-hydrogen) atoms. The average Bonchev–Trinajstić information content (AvgIpc) is 2.61. The van der Waals surface area contributed by atoms with Gasteiger partial charge in [-0.25, -0.2) is 4.79 Å². The predicted octanol–water partition coefficient (Wildman–Crippen LogP) is 2.45. The molecule has 0 radical (unpaired) electrons. The average molecular weight is 401 g/mol. The molecule has 1 aromatic heterocycles. The van der Waals surface area contributed by atoms with Crippen LogP contribution in [-0.4, -0.2) is 55.3 Å². The second kappa shape index (κ2) is 9.25. The van der Waals surface area contributed by atoms with Crippen LogP contribution in [0.5, 0.6) is 12.0 Å². The quantitative estimate of drug-likeness (QED) is 0.688. The lowest BCUT2D eigenvalue weighted by molar-refractivity contribution is 0.244. The van der Waals surface area contributed by atoms with Crippen molar-refractivity contribution in [3.05, 3.63) is 28.2 Å². The molecule has 0 bridgehead atoms. The van der Waals surface area contributed by atoms with E-state index in [9.17, 15) is 4.79 Å². The summed E-state index contributed by atoms with van der Waals surface area (Å²) in [5, 5.41) is 6.04. The molecule has 0 spiro atoms. The zero-order valence-corrected chi connectivity index (χ0v) is 15.9. The number of rotatable bonds is 7. The molecule has 2 aromatic rings. The van der Waals surface area contributed by atoms with Crippen LogP contribution in [0.4, 0.5) is 16.4 Å². The van der Waals surface area contributed by atoms with E-state index in [0.717, 1.165) is 0 Å². The third-order valence-corrected chi connectivity index (χ3v) is 3.70. The van der Waals surface area contributed by atoms with E-state index in [1.165, 1.54) is 7.11 Å².